The number of halogens is 1. The molecule has 0 aliphatic carbocycles. The Kier molecular flexibility index (Phi) is 5.56. The summed E-state index contributed by atoms with van der Waals surface area (Å²) in [7, 11) is -1.32. The van der Waals surface area contributed by atoms with E-state index in [4.69, 9.17) is 11.6 Å². The molecule has 1 rings (SSSR count). The molecule has 0 saturated heterocycles. The minimum absolute atomic E-state index is 0.0466. The highest BCUT2D eigenvalue weighted by Crippen LogP contribution is 2.19. The van der Waals surface area contributed by atoms with E-state index in [-0.39, 0.29) is 18.2 Å². The average molecular weight is 306 g/mol. The van der Waals surface area contributed by atoms with Crippen LogP contribution in [0.4, 0.5) is 5.82 Å². The molecule has 1 amide bonds. The van der Waals surface area contributed by atoms with Gasteiger partial charge < -0.3 is 10.6 Å². The molecule has 0 unspecified atom stereocenters. The zero-order valence-electron chi connectivity index (χ0n) is 10.7. The van der Waals surface area contributed by atoms with Gasteiger partial charge in [0.05, 0.1) is 16.3 Å². The van der Waals surface area contributed by atoms with Crippen molar-refractivity contribution in [2.75, 3.05) is 30.9 Å². The van der Waals surface area contributed by atoms with Crippen molar-refractivity contribution in [1.29, 1.82) is 0 Å². The smallest absolute Gasteiger partial charge is 0.252 e. The number of hydrogen-bond donors (Lipinski definition) is 2. The van der Waals surface area contributed by atoms with Crippen molar-refractivity contribution < 1.29 is 13.2 Å². The lowest BCUT2D eigenvalue weighted by Crippen LogP contribution is -2.26. The number of nitrogens with one attached hydrogen (secondary N) is 2. The molecule has 1 aromatic heterocycles. The maximum Gasteiger partial charge on any atom is 0.252 e. The van der Waals surface area contributed by atoms with Gasteiger partial charge in [-0.3, -0.25) is 4.79 Å². The van der Waals surface area contributed by atoms with Gasteiger partial charge in [0.25, 0.3) is 5.91 Å². The summed E-state index contributed by atoms with van der Waals surface area (Å²) in [6.45, 7) is 0.289. The summed E-state index contributed by atoms with van der Waals surface area (Å²) in [4.78, 5) is 15.7. The van der Waals surface area contributed by atoms with Gasteiger partial charge in [-0.25, -0.2) is 13.4 Å². The number of aromatic nitrogens is 1. The van der Waals surface area contributed by atoms with E-state index in [0.29, 0.717) is 22.8 Å². The second kappa shape index (κ2) is 6.72. The van der Waals surface area contributed by atoms with E-state index in [1.807, 2.05) is 0 Å². The Morgan fingerprint density at radius 2 is 2.16 bits per heavy atom. The van der Waals surface area contributed by atoms with Crippen LogP contribution in [-0.2, 0) is 9.84 Å². The SMILES string of the molecule is CNc1ncc(C(=O)NCCCS(C)(=O)=O)cc1Cl. The van der Waals surface area contributed by atoms with E-state index in [9.17, 15) is 13.2 Å². The fourth-order valence-corrected chi connectivity index (χ4v) is 2.31. The minimum Gasteiger partial charge on any atom is -0.372 e. The third kappa shape index (κ3) is 5.44. The van der Waals surface area contributed by atoms with Crippen LogP contribution in [0.2, 0.25) is 5.02 Å². The molecule has 8 heteroatoms. The fourth-order valence-electron chi connectivity index (χ4n) is 1.38. The summed E-state index contributed by atoms with van der Waals surface area (Å²) in [5.74, 6) is 0.214. The molecule has 106 valence electrons. The number of anilines is 1. The van der Waals surface area contributed by atoms with Gasteiger partial charge in [-0.1, -0.05) is 11.6 Å². The molecule has 0 bridgehead atoms. The van der Waals surface area contributed by atoms with Gasteiger partial charge in [0.15, 0.2) is 0 Å². The van der Waals surface area contributed by atoms with Crippen LogP contribution in [0.15, 0.2) is 12.3 Å². The first-order valence-corrected chi connectivity index (χ1v) is 8.06. The molecular weight excluding hydrogens is 290 g/mol. The van der Waals surface area contributed by atoms with Crippen LogP contribution < -0.4 is 10.6 Å². The van der Waals surface area contributed by atoms with Crippen molar-refractivity contribution in [2.24, 2.45) is 0 Å². The molecule has 1 aromatic rings. The van der Waals surface area contributed by atoms with Gasteiger partial charge in [-0.15, -0.1) is 0 Å². The molecule has 0 saturated carbocycles. The number of rotatable bonds is 6. The molecule has 0 fully saturated rings. The Hall–Kier alpha value is -1.34. The Balaban J connectivity index is 2.52. The molecule has 1 heterocycles. The summed E-state index contributed by atoms with van der Waals surface area (Å²) in [6.07, 6.45) is 2.94. The number of hydrogen-bond acceptors (Lipinski definition) is 5. The summed E-state index contributed by atoms with van der Waals surface area (Å²) in [5.41, 5.74) is 0.336. The highest BCUT2D eigenvalue weighted by molar-refractivity contribution is 7.90. The molecule has 2 N–H and O–H groups in total. The zero-order chi connectivity index (χ0) is 14.5. The lowest BCUT2D eigenvalue weighted by molar-refractivity contribution is 0.0953. The second-order valence-electron chi connectivity index (χ2n) is 4.04. The number of carbonyl (C=O) groups excluding carboxylic acids is 1. The van der Waals surface area contributed by atoms with Gasteiger partial charge in [-0.05, 0) is 12.5 Å². The fraction of sp³-hybridized carbons (Fsp3) is 0.455. The lowest BCUT2D eigenvalue weighted by atomic mass is 10.2. The second-order valence-corrected chi connectivity index (χ2v) is 6.71. The molecule has 19 heavy (non-hydrogen) atoms. The van der Waals surface area contributed by atoms with Crippen LogP contribution >= 0.6 is 11.6 Å². The third-order valence-electron chi connectivity index (χ3n) is 2.32. The molecule has 6 nitrogen and oxygen atoms in total. The number of sulfone groups is 1. The monoisotopic (exact) mass is 305 g/mol. The summed E-state index contributed by atoms with van der Waals surface area (Å²) < 4.78 is 21.8. The van der Waals surface area contributed by atoms with Crippen LogP contribution in [0.25, 0.3) is 0 Å². The van der Waals surface area contributed by atoms with E-state index in [2.05, 4.69) is 15.6 Å². The van der Waals surface area contributed by atoms with Crippen LogP contribution in [0.1, 0.15) is 16.8 Å². The van der Waals surface area contributed by atoms with Crippen LogP contribution in [0, 0.1) is 0 Å². The van der Waals surface area contributed by atoms with E-state index in [1.165, 1.54) is 12.3 Å². The van der Waals surface area contributed by atoms with Crippen molar-refractivity contribution in [3.05, 3.63) is 22.8 Å². The number of pyridine rings is 1. The van der Waals surface area contributed by atoms with Gasteiger partial charge in [0.2, 0.25) is 0 Å². The molecule has 0 spiro atoms. The third-order valence-corrected chi connectivity index (χ3v) is 3.64. The first-order chi connectivity index (χ1) is 8.83. The standard InChI is InChI=1S/C11H16ClN3O3S/c1-13-10-9(12)6-8(7-15-10)11(16)14-4-3-5-19(2,17)18/h6-7H,3-5H2,1-2H3,(H,13,15)(H,14,16). The summed E-state index contributed by atoms with van der Waals surface area (Å²) >= 11 is 5.91. The number of nitrogens with zero attached hydrogens (tertiary/aromatic N) is 1. The Morgan fingerprint density at radius 1 is 1.47 bits per heavy atom. The van der Waals surface area contributed by atoms with E-state index < -0.39 is 9.84 Å². The van der Waals surface area contributed by atoms with Gasteiger partial charge in [-0.2, -0.15) is 0 Å². The Morgan fingerprint density at radius 3 is 2.68 bits per heavy atom. The quantitative estimate of drug-likeness (QED) is 0.764. The largest absolute Gasteiger partial charge is 0.372 e. The first kappa shape index (κ1) is 15.7. The highest BCUT2D eigenvalue weighted by atomic mass is 35.5. The molecule has 0 radical (unpaired) electrons. The number of carbonyl (C=O) groups is 1. The molecule has 0 aliphatic rings. The lowest BCUT2D eigenvalue weighted by Gasteiger charge is -2.07. The Bertz CT molecular complexity index is 560. The molecule has 0 aliphatic heterocycles. The maximum absolute atomic E-state index is 11.7. The molecule has 0 aromatic carbocycles. The first-order valence-electron chi connectivity index (χ1n) is 5.62. The van der Waals surface area contributed by atoms with Crippen molar-refractivity contribution in [2.45, 2.75) is 6.42 Å². The highest BCUT2D eigenvalue weighted by Gasteiger charge is 2.09. The predicted molar refractivity (Wildman–Crippen MR) is 75.5 cm³/mol. The van der Waals surface area contributed by atoms with Gasteiger partial charge in [0.1, 0.15) is 15.7 Å². The van der Waals surface area contributed by atoms with E-state index in [0.717, 1.165) is 6.26 Å². The maximum atomic E-state index is 11.7. The average Bonchev–Trinajstić information content (AvgIpc) is 2.33. The van der Waals surface area contributed by atoms with Crippen molar-refractivity contribution in [1.82, 2.24) is 10.3 Å². The van der Waals surface area contributed by atoms with Gasteiger partial charge in [0, 0.05) is 26.0 Å². The zero-order valence-corrected chi connectivity index (χ0v) is 12.3. The van der Waals surface area contributed by atoms with Crippen molar-refractivity contribution in [3.63, 3.8) is 0 Å². The van der Waals surface area contributed by atoms with Crippen molar-refractivity contribution >= 4 is 33.2 Å². The predicted octanol–water partition coefficient (Wildman–Crippen LogP) is 0.941. The summed E-state index contributed by atoms with van der Waals surface area (Å²) in [6, 6.07) is 1.51. The van der Waals surface area contributed by atoms with E-state index in [1.54, 1.807) is 7.05 Å². The normalized spacial score (nSPS) is 11.1. The van der Waals surface area contributed by atoms with Crippen LogP contribution in [-0.4, -0.2) is 44.9 Å². The van der Waals surface area contributed by atoms with Gasteiger partial charge >= 0.3 is 0 Å². The number of amides is 1. The molecule has 0 atom stereocenters. The van der Waals surface area contributed by atoms with E-state index >= 15 is 0 Å². The topological polar surface area (TPSA) is 88.2 Å². The van der Waals surface area contributed by atoms with Crippen LogP contribution in [0.3, 0.4) is 0 Å². The Labute approximate surface area is 117 Å². The van der Waals surface area contributed by atoms with Crippen LogP contribution in [0.5, 0.6) is 0 Å². The summed E-state index contributed by atoms with van der Waals surface area (Å²) in [5, 5.41) is 5.76. The molecular formula is C11H16ClN3O3S. The van der Waals surface area contributed by atoms with Crippen molar-refractivity contribution in [3.8, 4) is 0 Å². The minimum atomic E-state index is -3.00.